The molecule has 37 heavy (non-hydrogen) atoms. The van der Waals surface area contributed by atoms with Crippen molar-refractivity contribution in [1.29, 1.82) is 0 Å². The third-order valence-electron chi connectivity index (χ3n) is 4.85. The van der Waals surface area contributed by atoms with Crippen LogP contribution in [0.5, 0.6) is 5.75 Å². The molecule has 14 heteroatoms. The highest BCUT2D eigenvalue weighted by molar-refractivity contribution is 7.22. The van der Waals surface area contributed by atoms with Gasteiger partial charge in [-0.15, -0.1) is 13.2 Å². The highest BCUT2D eigenvalue weighted by Crippen LogP contribution is 2.33. The number of aliphatic hydroxyl groups excluding tert-OH is 2. The topological polar surface area (TPSA) is 148 Å². The molecule has 0 saturated carbocycles. The average Bonchev–Trinajstić information content (AvgIpc) is 3.36. The molecular weight excluding hydrogens is 513 g/mol. The van der Waals surface area contributed by atoms with Gasteiger partial charge in [0, 0.05) is 31.8 Å². The lowest BCUT2D eigenvalue weighted by Gasteiger charge is -2.07. The second kappa shape index (κ2) is 11.7. The molecule has 200 valence electrons. The van der Waals surface area contributed by atoms with Gasteiger partial charge in [0.1, 0.15) is 5.75 Å². The zero-order chi connectivity index (χ0) is 27.3. The summed E-state index contributed by atoms with van der Waals surface area (Å²) in [6, 6.07) is 8.98. The van der Waals surface area contributed by atoms with Crippen molar-refractivity contribution in [2.24, 2.45) is 12.8 Å². The molecule has 2 atom stereocenters. The van der Waals surface area contributed by atoms with Crippen LogP contribution >= 0.6 is 11.3 Å². The fourth-order valence-corrected chi connectivity index (χ4v) is 3.93. The number of imidazole rings is 1. The van der Waals surface area contributed by atoms with E-state index in [4.69, 9.17) is 10.8 Å². The fourth-order valence-electron chi connectivity index (χ4n) is 3.05. The van der Waals surface area contributed by atoms with Crippen molar-refractivity contribution in [2.45, 2.75) is 32.4 Å². The van der Waals surface area contributed by atoms with Crippen LogP contribution in [0.25, 0.3) is 21.3 Å². The van der Waals surface area contributed by atoms with Crippen molar-refractivity contribution in [3.05, 3.63) is 42.0 Å². The summed E-state index contributed by atoms with van der Waals surface area (Å²) in [7, 11) is 1.79. The van der Waals surface area contributed by atoms with Crippen molar-refractivity contribution < 1.29 is 32.9 Å². The molecule has 4 rings (SSSR count). The first kappa shape index (κ1) is 28.1. The molecule has 10 nitrogen and oxygen atoms in total. The molecule has 0 aliphatic heterocycles. The molecule has 0 aliphatic carbocycles. The van der Waals surface area contributed by atoms with Gasteiger partial charge in [-0.1, -0.05) is 11.3 Å². The van der Waals surface area contributed by atoms with Gasteiger partial charge in [-0.05, 0) is 44.2 Å². The molecule has 0 saturated heterocycles. The fraction of sp³-hybridized carbons (Fsp3) is 0.348. The predicted molar refractivity (Wildman–Crippen MR) is 135 cm³/mol. The highest BCUT2D eigenvalue weighted by atomic mass is 32.1. The minimum absolute atomic E-state index is 0.138. The molecule has 0 fully saturated rings. The molecule has 2 aromatic carbocycles. The minimum Gasteiger partial charge on any atom is -0.406 e. The van der Waals surface area contributed by atoms with E-state index in [1.807, 2.05) is 0 Å². The van der Waals surface area contributed by atoms with Crippen LogP contribution in [0.4, 0.5) is 24.3 Å². The number of carbonyl (C=O) groups is 1. The van der Waals surface area contributed by atoms with Gasteiger partial charge in [-0.25, -0.2) is 9.97 Å². The molecule has 0 unspecified atom stereocenters. The average molecular weight is 541 g/mol. The Balaban J connectivity index is 0.000000695. The highest BCUT2D eigenvalue weighted by Gasteiger charge is 2.31. The second-order valence-electron chi connectivity index (χ2n) is 8.16. The van der Waals surface area contributed by atoms with Crippen molar-refractivity contribution in [3.8, 4) is 5.75 Å². The number of fused-ring (bicyclic) bond motifs is 2. The minimum atomic E-state index is -4.77. The number of thiazole rings is 1. The van der Waals surface area contributed by atoms with E-state index in [2.05, 4.69) is 25.3 Å². The number of aromatic nitrogens is 3. The molecule has 0 spiro atoms. The van der Waals surface area contributed by atoms with Crippen LogP contribution in [0.2, 0.25) is 0 Å². The van der Waals surface area contributed by atoms with Crippen LogP contribution in [0.3, 0.4) is 0 Å². The summed E-state index contributed by atoms with van der Waals surface area (Å²) in [6.45, 7) is 3.73. The van der Waals surface area contributed by atoms with Crippen LogP contribution in [0.1, 0.15) is 24.2 Å². The smallest absolute Gasteiger partial charge is 0.406 e. The number of halogens is 3. The van der Waals surface area contributed by atoms with E-state index < -0.39 is 12.5 Å². The van der Waals surface area contributed by atoms with Gasteiger partial charge >= 0.3 is 6.36 Å². The Morgan fingerprint density at radius 3 is 2.46 bits per heavy atom. The van der Waals surface area contributed by atoms with Crippen LogP contribution in [-0.2, 0) is 7.05 Å². The van der Waals surface area contributed by atoms with Gasteiger partial charge in [-0.3, -0.25) is 4.79 Å². The molecule has 6 N–H and O–H groups in total. The number of carbonyl (C=O) groups excluding carboxylic acids is 1. The molecule has 0 radical (unpaired) electrons. The monoisotopic (exact) mass is 540 g/mol. The third-order valence-corrected chi connectivity index (χ3v) is 5.79. The van der Waals surface area contributed by atoms with Crippen molar-refractivity contribution >= 4 is 49.6 Å². The number of hydrogen-bond acceptors (Lipinski definition) is 9. The Morgan fingerprint density at radius 2 is 1.84 bits per heavy atom. The molecule has 1 amide bonds. The first-order chi connectivity index (χ1) is 17.4. The van der Waals surface area contributed by atoms with Gasteiger partial charge < -0.3 is 35.9 Å². The molecule has 4 aromatic rings. The summed E-state index contributed by atoms with van der Waals surface area (Å²) in [4.78, 5) is 21.1. The first-order valence-electron chi connectivity index (χ1n) is 11.1. The number of nitrogens with zero attached hydrogens (tertiary/aromatic N) is 3. The quantitative estimate of drug-likeness (QED) is 0.240. The number of aliphatic hydroxyl groups is 2. The standard InChI is InChI=1S/C20H18F3N5O3S.C3H9NO/c1-10(29)9-24-17(30)11-3-6-15-14(7-11)25-18(28(15)2)27-19-26-13-5-4-12(8-16(13)32-19)31-20(21,22)23;1-3(5)2-4/h3-8,10,29H,9H2,1-2H3,(H,24,30)(H,25,26,27);3,5H,2,4H2,1H3/t10-;3-/m11/s1. The zero-order valence-corrected chi connectivity index (χ0v) is 21.0. The number of nitrogens with two attached hydrogens (primary N) is 1. The van der Waals surface area contributed by atoms with Gasteiger partial charge in [0.25, 0.3) is 5.91 Å². The molecule has 0 aliphatic rings. The lowest BCUT2D eigenvalue weighted by Crippen LogP contribution is -2.30. The van der Waals surface area contributed by atoms with Gasteiger partial charge in [0.15, 0.2) is 5.13 Å². The summed E-state index contributed by atoms with van der Waals surface area (Å²) in [5, 5.41) is 23.7. The number of ether oxygens (including phenoxy) is 1. The molecule has 2 heterocycles. The SMILES string of the molecule is C[C@@H](O)CN.C[C@@H](O)CNC(=O)c1ccc2c(c1)nc(Nc1nc3ccc(OC(F)(F)F)cc3s1)n2C. The van der Waals surface area contributed by atoms with Crippen LogP contribution in [0, 0.1) is 0 Å². The largest absolute Gasteiger partial charge is 0.573 e. The maximum atomic E-state index is 12.4. The zero-order valence-electron chi connectivity index (χ0n) is 20.2. The molecular formula is C23H27F3N6O4S. The lowest BCUT2D eigenvalue weighted by atomic mass is 10.2. The Hall–Kier alpha value is -3.46. The predicted octanol–water partition coefficient (Wildman–Crippen LogP) is 3.26. The van der Waals surface area contributed by atoms with Crippen LogP contribution in [-0.4, -0.2) is 62.3 Å². The summed E-state index contributed by atoms with van der Waals surface area (Å²) in [6.07, 6.45) is -5.76. The van der Waals surface area contributed by atoms with Crippen molar-refractivity contribution in [2.75, 3.05) is 18.4 Å². The van der Waals surface area contributed by atoms with Gasteiger partial charge in [0.2, 0.25) is 5.95 Å². The van der Waals surface area contributed by atoms with E-state index in [1.54, 1.807) is 43.7 Å². The van der Waals surface area contributed by atoms with E-state index in [9.17, 15) is 23.1 Å². The second-order valence-corrected chi connectivity index (χ2v) is 9.19. The lowest BCUT2D eigenvalue weighted by molar-refractivity contribution is -0.274. The van der Waals surface area contributed by atoms with Crippen molar-refractivity contribution in [1.82, 2.24) is 19.9 Å². The number of alkyl halides is 3. The van der Waals surface area contributed by atoms with E-state index >= 15 is 0 Å². The summed E-state index contributed by atoms with van der Waals surface area (Å²) >= 11 is 1.16. The molecule has 0 bridgehead atoms. The number of benzene rings is 2. The normalized spacial score (nSPS) is 13.1. The van der Waals surface area contributed by atoms with E-state index in [-0.39, 0.29) is 24.3 Å². The Bertz CT molecular complexity index is 1370. The Labute approximate surface area is 213 Å². The van der Waals surface area contributed by atoms with E-state index in [0.29, 0.717) is 38.9 Å². The van der Waals surface area contributed by atoms with Gasteiger partial charge in [-0.2, -0.15) is 0 Å². The number of aryl methyl sites for hydroxylation is 1. The van der Waals surface area contributed by atoms with Gasteiger partial charge in [0.05, 0.1) is 33.5 Å². The Kier molecular flexibility index (Phi) is 8.91. The summed E-state index contributed by atoms with van der Waals surface area (Å²) in [5.41, 5.74) is 7.18. The van der Waals surface area contributed by atoms with Crippen LogP contribution < -0.4 is 21.1 Å². The third kappa shape index (κ3) is 7.76. The maximum Gasteiger partial charge on any atom is 0.573 e. The van der Waals surface area contributed by atoms with Crippen molar-refractivity contribution in [3.63, 3.8) is 0 Å². The Morgan fingerprint density at radius 1 is 1.14 bits per heavy atom. The molecule has 2 aromatic heterocycles. The van der Waals surface area contributed by atoms with E-state index in [0.717, 1.165) is 16.9 Å². The van der Waals surface area contributed by atoms with E-state index in [1.165, 1.54) is 18.2 Å². The summed E-state index contributed by atoms with van der Waals surface area (Å²) < 4.78 is 43.6. The first-order valence-corrected chi connectivity index (χ1v) is 11.9. The number of anilines is 2. The summed E-state index contributed by atoms with van der Waals surface area (Å²) in [5.74, 6) is -0.187. The van der Waals surface area contributed by atoms with Crippen LogP contribution in [0.15, 0.2) is 36.4 Å². The maximum absolute atomic E-state index is 12.4. The number of amides is 1. The number of rotatable bonds is 7. The number of nitrogens with one attached hydrogen (secondary N) is 2. The number of hydrogen-bond donors (Lipinski definition) is 5.